The molecule has 0 aliphatic heterocycles. The maximum absolute atomic E-state index is 13.3. The van der Waals surface area contributed by atoms with Gasteiger partial charge in [0.2, 0.25) is 5.91 Å². The van der Waals surface area contributed by atoms with Gasteiger partial charge in [-0.3, -0.25) is 23.9 Å². The van der Waals surface area contributed by atoms with Crippen LogP contribution in [0.1, 0.15) is 38.9 Å². The fourth-order valence-corrected chi connectivity index (χ4v) is 3.75. The Morgan fingerprint density at radius 3 is 2.41 bits per heavy atom. The molecule has 0 aliphatic carbocycles. The molecule has 0 saturated heterocycles. The van der Waals surface area contributed by atoms with Crippen molar-refractivity contribution in [3.05, 3.63) is 88.5 Å². The molecule has 0 saturated carbocycles. The number of Topliss-reactive ketones (excluding diaryl/α,β-unsaturated/α-hetero) is 1. The Balaban J connectivity index is 1.80. The Kier molecular flexibility index (Phi) is 5.83. The Bertz CT molecular complexity index is 1350. The van der Waals surface area contributed by atoms with Gasteiger partial charge in [-0.1, -0.05) is 11.6 Å². The SMILES string of the molecule is CC(=O)c1ccc2c(c1)c(CC(=O)Nc1cnccn1)c(C)n2C(=O)c1ccc(Cl)cc1. The van der Waals surface area contributed by atoms with Crippen molar-refractivity contribution in [2.24, 2.45) is 0 Å². The van der Waals surface area contributed by atoms with Gasteiger partial charge < -0.3 is 5.32 Å². The van der Waals surface area contributed by atoms with Crippen LogP contribution in [0.25, 0.3) is 10.9 Å². The van der Waals surface area contributed by atoms with Crippen molar-refractivity contribution in [2.75, 3.05) is 5.32 Å². The largest absolute Gasteiger partial charge is 0.309 e. The number of rotatable bonds is 5. The van der Waals surface area contributed by atoms with E-state index in [1.807, 2.05) is 0 Å². The first kappa shape index (κ1) is 21.4. The summed E-state index contributed by atoms with van der Waals surface area (Å²) in [7, 11) is 0. The van der Waals surface area contributed by atoms with Crippen LogP contribution in [0.3, 0.4) is 0 Å². The molecule has 1 N–H and O–H groups in total. The second kappa shape index (κ2) is 8.72. The number of benzene rings is 2. The van der Waals surface area contributed by atoms with E-state index in [4.69, 9.17) is 11.6 Å². The third-order valence-corrected chi connectivity index (χ3v) is 5.46. The van der Waals surface area contributed by atoms with Crippen molar-refractivity contribution < 1.29 is 14.4 Å². The zero-order valence-corrected chi connectivity index (χ0v) is 18.2. The van der Waals surface area contributed by atoms with Gasteiger partial charge >= 0.3 is 0 Å². The van der Waals surface area contributed by atoms with E-state index in [1.165, 1.54) is 25.5 Å². The van der Waals surface area contributed by atoms with E-state index >= 15 is 0 Å². The highest BCUT2D eigenvalue weighted by atomic mass is 35.5. The summed E-state index contributed by atoms with van der Waals surface area (Å²) >= 11 is 5.96. The van der Waals surface area contributed by atoms with Gasteiger partial charge in [0.25, 0.3) is 5.91 Å². The van der Waals surface area contributed by atoms with E-state index in [0.717, 1.165) is 0 Å². The van der Waals surface area contributed by atoms with E-state index in [2.05, 4.69) is 15.3 Å². The van der Waals surface area contributed by atoms with Gasteiger partial charge in [0.05, 0.1) is 18.1 Å². The Morgan fingerprint density at radius 1 is 1.03 bits per heavy atom. The van der Waals surface area contributed by atoms with Crippen molar-refractivity contribution in [1.82, 2.24) is 14.5 Å². The molecule has 2 aromatic heterocycles. The molecular formula is C24H19ClN4O3. The van der Waals surface area contributed by atoms with Crippen molar-refractivity contribution >= 4 is 45.9 Å². The van der Waals surface area contributed by atoms with Crippen LogP contribution in [0.4, 0.5) is 5.82 Å². The quantitative estimate of drug-likeness (QED) is 0.456. The van der Waals surface area contributed by atoms with Crippen LogP contribution in [0.5, 0.6) is 0 Å². The predicted octanol–water partition coefficient (Wildman–Crippen LogP) is 4.47. The van der Waals surface area contributed by atoms with Gasteiger partial charge in [0, 0.05) is 39.6 Å². The average Bonchev–Trinajstić information content (AvgIpc) is 3.05. The third-order valence-electron chi connectivity index (χ3n) is 5.20. The van der Waals surface area contributed by atoms with Crippen molar-refractivity contribution in [3.63, 3.8) is 0 Å². The number of anilines is 1. The van der Waals surface area contributed by atoms with Crippen LogP contribution >= 0.6 is 11.6 Å². The number of carbonyl (C=O) groups excluding carboxylic acids is 3. The molecule has 8 heteroatoms. The van der Waals surface area contributed by atoms with Gasteiger partial charge in [0.15, 0.2) is 11.6 Å². The molecule has 4 rings (SSSR count). The predicted molar refractivity (Wildman–Crippen MR) is 122 cm³/mol. The number of hydrogen-bond acceptors (Lipinski definition) is 5. The number of aromatic nitrogens is 3. The molecular weight excluding hydrogens is 428 g/mol. The summed E-state index contributed by atoms with van der Waals surface area (Å²) in [5, 5.41) is 3.91. The second-order valence-electron chi connectivity index (χ2n) is 7.32. The number of nitrogens with one attached hydrogen (secondary N) is 1. The van der Waals surface area contributed by atoms with Gasteiger partial charge in [-0.05, 0) is 61.9 Å². The van der Waals surface area contributed by atoms with E-state index in [9.17, 15) is 14.4 Å². The van der Waals surface area contributed by atoms with Crippen LogP contribution in [0.2, 0.25) is 5.02 Å². The summed E-state index contributed by atoms with van der Waals surface area (Å²) in [6.07, 6.45) is 4.45. The number of hydrogen-bond donors (Lipinski definition) is 1. The first-order valence-corrected chi connectivity index (χ1v) is 10.2. The van der Waals surface area contributed by atoms with E-state index < -0.39 is 0 Å². The molecule has 2 heterocycles. The molecule has 32 heavy (non-hydrogen) atoms. The van der Waals surface area contributed by atoms with E-state index in [0.29, 0.717) is 44.1 Å². The van der Waals surface area contributed by atoms with E-state index in [1.54, 1.807) is 54.0 Å². The number of halogens is 1. The summed E-state index contributed by atoms with van der Waals surface area (Å²) in [6.45, 7) is 3.26. The summed E-state index contributed by atoms with van der Waals surface area (Å²) in [4.78, 5) is 46.0. The molecule has 1 amide bonds. The number of ketones is 1. The normalized spacial score (nSPS) is 10.8. The van der Waals surface area contributed by atoms with Gasteiger partial charge in [-0.2, -0.15) is 0 Å². The van der Waals surface area contributed by atoms with Gasteiger partial charge in [-0.15, -0.1) is 0 Å². The highest BCUT2D eigenvalue weighted by Gasteiger charge is 2.22. The Hall–Kier alpha value is -3.84. The topological polar surface area (TPSA) is 93.9 Å². The minimum atomic E-state index is -0.306. The molecule has 0 bridgehead atoms. The zero-order valence-electron chi connectivity index (χ0n) is 17.4. The molecule has 0 unspecified atom stereocenters. The lowest BCUT2D eigenvalue weighted by Crippen LogP contribution is -2.17. The van der Waals surface area contributed by atoms with Crippen LogP contribution in [-0.2, 0) is 11.2 Å². The fraction of sp³-hybridized carbons (Fsp3) is 0.125. The van der Waals surface area contributed by atoms with Crippen LogP contribution < -0.4 is 5.32 Å². The molecule has 160 valence electrons. The number of nitrogens with zero attached hydrogens (tertiary/aromatic N) is 3. The lowest BCUT2D eigenvalue weighted by atomic mass is 10.0. The number of carbonyl (C=O) groups is 3. The highest BCUT2D eigenvalue weighted by molar-refractivity contribution is 6.30. The van der Waals surface area contributed by atoms with Crippen LogP contribution in [0.15, 0.2) is 61.1 Å². The first-order valence-electron chi connectivity index (χ1n) is 9.86. The lowest BCUT2D eigenvalue weighted by molar-refractivity contribution is -0.115. The van der Waals surface area contributed by atoms with Gasteiger partial charge in [-0.25, -0.2) is 4.98 Å². The number of fused-ring (bicyclic) bond motifs is 1. The summed E-state index contributed by atoms with van der Waals surface area (Å²) < 4.78 is 1.56. The first-order chi connectivity index (χ1) is 15.3. The molecule has 0 radical (unpaired) electrons. The lowest BCUT2D eigenvalue weighted by Gasteiger charge is -2.08. The van der Waals surface area contributed by atoms with Gasteiger partial charge in [0.1, 0.15) is 0 Å². The Labute approximate surface area is 189 Å². The second-order valence-corrected chi connectivity index (χ2v) is 7.75. The molecule has 0 fully saturated rings. The van der Waals surface area contributed by atoms with E-state index in [-0.39, 0.29) is 24.0 Å². The maximum Gasteiger partial charge on any atom is 0.262 e. The zero-order chi connectivity index (χ0) is 22.8. The summed E-state index contributed by atoms with van der Waals surface area (Å²) in [6, 6.07) is 11.7. The fourth-order valence-electron chi connectivity index (χ4n) is 3.62. The highest BCUT2D eigenvalue weighted by Crippen LogP contribution is 2.29. The summed E-state index contributed by atoms with van der Waals surface area (Å²) in [5.74, 6) is -0.322. The van der Waals surface area contributed by atoms with Crippen molar-refractivity contribution in [2.45, 2.75) is 20.3 Å². The van der Waals surface area contributed by atoms with Crippen molar-refractivity contribution in [3.8, 4) is 0 Å². The maximum atomic E-state index is 13.3. The molecule has 7 nitrogen and oxygen atoms in total. The number of amides is 1. The molecule has 2 aromatic carbocycles. The standard InChI is InChI=1S/C24H19ClN4O3/c1-14-19(12-23(31)28-22-13-26-9-10-27-22)20-11-17(15(2)30)5-8-21(20)29(14)24(32)16-3-6-18(25)7-4-16/h3-11,13H,12H2,1-2H3,(H,27,28,31). The molecule has 0 atom stereocenters. The third kappa shape index (κ3) is 4.15. The monoisotopic (exact) mass is 446 g/mol. The van der Waals surface area contributed by atoms with Crippen LogP contribution in [0, 0.1) is 6.92 Å². The average molecular weight is 447 g/mol. The Morgan fingerprint density at radius 2 is 1.75 bits per heavy atom. The molecule has 0 spiro atoms. The minimum absolute atomic E-state index is 0.00115. The molecule has 0 aliphatic rings. The minimum Gasteiger partial charge on any atom is -0.309 e. The smallest absolute Gasteiger partial charge is 0.262 e. The summed E-state index contributed by atoms with van der Waals surface area (Å²) in [5.41, 5.74) is 2.86. The molecule has 4 aromatic rings. The van der Waals surface area contributed by atoms with Crippen LogP contribution in [-0.4, -0.2) is 32.1 Å². The van der Waals surface area contributed by atoms with Crippen molar-refractivity contribution in [1.29, 1.82) is 0 Å².